The van der Waals surface area contributed by atoms with Crippen molar-refractivity contribution < 1.29 is 0 Å². The lowest BCUT2D eigenvalue weighted by Gasteiger charge is -2.37. The molecule has 0 aromatic heterocycles. The van der Waals surface area contributed by atoms with E-state index in [0.29, 0.717) is 23.7 Å². The highest BCUT2D eigenvalue weighted by molar-refractivity contribution is 7.16. The number of rotatable bonds is 7. The van der Waals surface area contributed by atoms with Gasteiger partial charge >= 0.3 is 0 Å². The first-order valence-corrected chi connectivity index (χ1v) is 15.4. The van der Waals surface area contributed by atoms with E-state index in [9.17, 15) is 0 Å². The van der Waals surface area contributed by atoms with Crippen molar-refractivity contribution in [2.75, 3.05) is 0 Å². The molecule has 182 valence electrons. The van der Waals surface area contributed by atoms with E-state index in [2.05, 4.69) is 140 Å². The van der Waals surface area contributed by atoms with Gasteiger partial charge < -0.3 is 0 Å². The van der Waals surface area contributed by atoms with E-state index < -0.39 is 8.07 Å². The molecule has 1 heteroatoms. The molecule has 35 heavy (non-hydrogen) atoms. The second-order valence-corrected chi connectivity index (χ2v) is 15.2. The second kappa shape index (κ2) is 10.2. The summed E-state index contributed by atoms with van der Waals surface area (Å²) in [4.78, 5) is 0. The molecule has 0 bridgehead atoms. The molecule has 0 heterocycles. The summed E-state index contributed by atoms with van der Waals surface area (Å²) in [5, 5.41) is 6.06. The van der Waals surface area contributed by atoms with Crippen LogP contribution in [0.3, 0.4) is 0 Å². The van der Waals surface area contributed by atoms with Gasteiger partial charge in [0.25, 0.3) is 0 Å². The third kappa shape index (κ3) is 4.76. The minimum atomic E-state index is -2.53. The van der Waals surface area contributed by atoms with Gasteiger partial charge in [-0.2, -0.15) is 0 Å². The average molecular weight is 479 g/mol. The number of allylic oxidation sites excluding steroid dienone is 4. The predicted molar refractivity (Wildman–Crippen MR) is 157 cm³/mol. The maximum atomic E-state index is 2.56. The molecule has 0 aliphatic heterocycles. The number of benzene rings is 3. The molecule has 4 rings (SSSR count). The van der Waals surface area contributed by atoms with E-state index in [1.165, 1.54) is 37.8 Å². The normalized spacial score (nSPS) is 16.3. The molecule has 0 saturated heterocycles. The van der Waals surface area contributed by atoms with Crippen LogP contribution in [0.15, 0.2) is 95.7 Å². The number of hydrogen-bond acceptors (Lipinski definition) is 0. The lowest BCUT2D eigenvalue weighted by atomic mass is 10.0. The van der Waals surface area contributed by atoms with E-state index in [0.717, 1.165) is 0 Å². The first-order chi connectivity index (χ1) is 16.6. The van der Waals surface area contributed by atoms with Crippen LogP contribution in [0.1, 0.15) is 89.8 Å². The fourth-order valence-corrected chi connectivity index (χ4v) is 11.0. The fourth-order valence-electron chi connectivity index (χ4n) is 5.71. The molecule has 1 aliphatic rings. The van der Waals surface area contributed by atoms with Gasteiger partial charge in [0.1, 0.15) is 0 Å². The van der Waals surface area contributed by atoms with Gasteiger partial charge in [-0.3, -0.25) is 0 Å². The highest BCUT2D eigenvalue weighted by atomic mass is 28.3. The molecule has 0 fully saturated rings. The first kappa shape index (κ1) is 25.4. The highest BCUT2D eigenvalue weighted by Crippen LogP contribution is 2.32. The number of hydrogen-bond donors (Lipinski definition) is 0. The monoisotopic (exact) mass is 478 g/mol. The van der Waals surface area contributed by atoms with Crippen molar-refractivity contribution in [3.63, 3.8) is 0 Å². The zero-order chi connectivity index (χ0) is 25.3. The van der Waals surface area contributed by atoms with Crippen LogP contribution in [-0.2, 0) is 0 Å². The Labute approximate surface area is 214 Å². The predicted octanol–water partition coefficient (Wildman–Crippen LogP) is 7.59. The summed E-state index contributed by atoms with van der Waals surface area (Å²) in [5.74, 6) is 1.96. The van der Waals surface area contributed by atoms with Crippen LogP contribution < -0.4 is 15.6 Å². The standard InChI is InChI=1S/C34H42Si/c1-23(2)28-12-9-15-31(20-28)35(34-19-26(7)18-27(34)8,32-16-10-13-29(21-32)24(3)4)33-17-11-14-30(22-33)25(5)6/h9-26H,1-8H3. The summed E-state index contributed by atoms with van der Waals surface area (Å²) in [5.41, 5.74) is 5.72. The van der Waals surface area contributed by atoms with E-state index >= 15 is 0 Å². The van der Waals surface area contributed by atoms with Crippen LogP contribution in [0, 0.1) is 5.92 Å². The third-order valence-electron chi connectivity index (χ3n) is 7.73. The first-order valence-electron chi connectivity index (χ1n) is 13.4. The minimum absolute atomic E-state index is 0.465. The van der Waals surface area contributed by atoms with Crippen LogP contribution in [-0.4, -0.2) is 8.07 Å². The summed E-state index contributed by atoms with van der Waals surface area (Å²) in [6.07, 6.45) is 5.02. The third-order valence-corrected chi connectivity index (χ3v) is 12.6. The Balaban J connectivity index is 2.17. The Hall–Kier alpha value is -2.64. The Morgan fingerprint density at radius 1 is 0.571 bits per heavy atom. The van der Waals surface area contributed by atoms with Crippen LogP contribution in [0.4, 0.5) is 0 Å². The van der Waals surface area contributed by atoms with Gasteiger partial charge in [-0.25, -0.2) is 0 Å². The lowest BCUT2D eigenvalue weighted by molar-refractivity contribution is 0.867. The molecular formula is C34H42Si. The topological polar surface area (TPSA) is 0 Å². The van der Waals surface area contributed by atoms with Crippen molar-refractivity contribution in [3.05, 3.63) is 112 Å². The molecule has 0 radical (unpaired) electrons. The molecule has 3 aromatic rings. The lowest BCUT2D eigenvalue weighted by Crippen LogP contribution is -2.69. The zero-order valence-corrected chi connectivity index (χ0v) is 23.9. The van der Waals surface area contributed by atoms with Crippen molar-refractivity contribution >= 4 is 23.6 Å². The Morgan fingerprint density at radius 3 is 1.23 bits per heavy atom. The molecule has 0 spiro atoms. The van der Waals surface area contributed by atoms with Crippen molar-refractivity contribution in [3.8, 4) is 0 Å². The molecule has 0 saturated carbocycles. The molecule has 1 aliphatic carbocycles. The average Bonchev–Trinajstić information content (AvgIpc) is 3.18. The van der Waals surface area contributed by atoms with Crippen LogP contribution in [0.25, 0.3) is 0 Å². The fraction of sp³-hybridized carbons (Fsp3) is 0.353. The smallest absolute Gasteiger partial charge is 0.0773 e. The van der Waals surface area contributed by atoms with Crippen LogP contribution in [0.5, 0.6) is 0 Å². The maximum absolute atomic E-state index is 2.56. The van der Waals surface area contributed by atoms with Crippen LogP contribution >= 0.6 is 0 Å². The van der Waals surface area contributed by atoms with Gasteiger partial charge in [-0.05, 0) is 68.0 Å². The molecule has 1 unspecified atom stereocenters. The van der Waals surface area contributed by atoms with Crippen molar-refractivity contribution in [2.24, 2.45) is 5.92 Å². The SMILES string of the molecule is CC1=CC(C)C=C1[Si](c1cccc(C(C)C)c1)(c1cccc(C(C)C)c1)c1cccc(C(C)C)c1. The Bertz CT molecular complexity index is 1130. The van der Waals surface area contributed by atoms with Gasteiger partial charge in [-0.1, -0.05) is 139 Å². The van der Waals surface area contributed by atoms with Gasteiger partial charge in [0.05, 0.1) is 0 Å². The van der Waals surface area contributed by atoms with Crippen molar-refractivity contribution in [1.29, 1.82) is 0 Å². The largest absolute Gasteiger partial charge is 0.179 e. The summed E-state index contributed by atoms with van der Waals surface area (Å²) in [7, 11) is -2.53. The molecule has 1 atom stereocenters. The molecule has 0 nitrogen and oxygen atoms in total. The van der Waals surface area contributed by atoms with E-state index in [1.807, 2.05) is 0 Å². The zero-order valence-electron chi connectivity index (χ0n) is 22.9. The van der Waals surface area contributed by atoms with Crippen molar-refractivity contribution in [1.82, 2.24) is 0 Å². The van der Waals surface area contributed by atoms with E-state index in [4.69, 9.17) is 0 Å². The minimum Gasteiger partial charge on any atom is -0.0773 e. The Kier molecular flexibility index (Phi) is 7.38. The van der Waals surface area contributed by atoms with Gasteiger partial charge in [0.2, 0.25) is 0 Å². The highest BCUT2D eigenvalue weighted by Gasteiger charge is 2.45. The van der Waals surface area contributed by atoms with E-state index in [-0.39, 0.29) is 0 Å². The van der Waals surface area contributed by atoms with E-state index in [1.54, 1.807) is 5.20 Å². The summed E-state index contributed by atoms with van der Waals surface area (Å²) >= 11 is 0. The van der Waals surface area contributed by atoms with Gasteiger partial charge in [0.15, 0.2) is 8.07 Å². The molecule has 0 N–H and O–H groups in total. The maximum Gasteiger partial charge on any atom is 0.179 e. The summed E-state index contributed by atoms with van der Waals surface area (Å²) in [6, 6.07) is 28.6. The molecule has 3 aromatic carbocycles. The molecular weight excluding hydrogens is 436 g/mol. The van der Waals surface area contributed by atoms with Crippen LogP contribution in [0.2, 0.25) is 0 Å². The van der Waals surface area contributed by atoms with Gasteiger partial charge in [0, 0.05) is 0 Å². The second-order valence-electron chi connectivity index (χ2n) is 11.4. The van der Waals surface area contributed by atoms with Gasteiger partial charge in [-0.15, -0.1) is 0 Å². The summed E-state index contributed by atoms with van der Waals surface area (Å²) in [6.45, 7) is 18.5. The Morgan fingerprint density at radius 2 is 0.943 bits per heavy atom. The summed E-state index contributed by atoms with van der Waals surface area (Å²) < 4.78 is 0. The molecule has 0 amide bonds. The quantitative estimate of drug-likeness (QED) is 0.242. The van der Waals surface area contributed by atoms with Crippen molar-refractivity contribution in [2.45, 2.75) is 73.1 Å².